The van der Waals surface area contributed by atoms with Crippen molar-refractivity contribution in [2.45, 2.75) is 65.0 Å². The summed E-state index contributed by atoms with van der Waals surface area (Å²) in [5.41, 5.74) is 12.4. The Kier molecular flexibility index (Phi) is 11.4. The van der Waals surface area contributed by atoms with Gasteiger partial charge in [-0.2, -0.15) is 17.4 Å². The topological polar surface area (TPSA) is 53.5 Å². The molecule has 0 N–H and O–H groups in total. The molecule has 4 heteroatoms. The van der Waals surface area contributed by atoms with Crippen LogP contribution in [0, 0.1) is 0 Å². The summed E-state index contributed by atoms with van der Waals surface area (Å²) in [6.07, 6.45) is 12.3. The molecular formula is C18H28N2OS. The maximum atomic E-state index is 11.4. The summed E-state index contributed by atoms with van der Waals surface area (Å²) in [6, 6.07) is 0. The predicted octanol–water partition coefficient (Wildman–Crippen LogP) is 4.96. The van der Waals surface area contributed by atoms with Crippen LogP contribution in [0.2, 0.25) is 0 Å². The highest BCUT2D eigenvalue weighted by Gasteiger charge is 2.13. The highest BCUT2D eigenvalue weighted by molar-refractivity contribution is 7.82. The van der Waals surface area contributed by atoms with Gasteiger partial charge >= 0.3 is 6.21 Å². The number of hydrogen-bond donors (Lipinski definition) is 1. The fraction of sp³-hybridized carbons (Fsp3) is 0.556. The summed E-state index contributed by atoms with van der Waals surface area (Å²) in [5, 5.41) is -0.438. The van der Waals surface area contributed by atoms with Crippen LogP contribution in [0.3, 0.4) is 0 Å². The third-order valence-electron chi connectivity index (χ3n) is 3.33. The van der Waals surface area contributed by atoms with Crippen LogP contribution in [-0.2, 0) is 4.79 Å². The van der Waals surface area contributed by atoms with Crippen LogP contribution in [0.25, 0.3) is 5.53 Å². The molecule has 0 amide bonds. The first-order chi connectivity index (χ1) is 10.4. The molecule has 0 radical (unpaired) electrons. The zero-order valence-electron chi connectivity index (χ0n) is 14.2. The number of hydrogen-bond acceptors (Lipinski definition) is 2. The number of carbonyl (C=O) groups is 1. The van der Waals surface area contributed by atoms with Crippen LogP contribution in [-0.4, -0.2) is 22.0 Å². The van der Waals surface area contributed by atoms with Gasteiger partial charge in [0.1, 0.15) is 0 Å². The van der Waals surface area contributed by atoms with Gasteiger partial charge in [0.05, 0.1) is 5.25 Å². The molecule has 0 aromatic heterocycles. The van der Waals surface area contributed by atoms with E-state index in [-0.39, 0.29) is 5.78 Å². The maximum absolute atomic E-state index is 11.4. The van der Waals surface area contributed by atoms with Crippen molar-refractivity contribution in [1.29, 1.82) is 0 Å². The molecular weight excluding hydrogens is 292 g/mol. The van der Waals surface area contributed by atoms with E-state index in [1.54, 1.807) is 0 Å². The molecule has 0 bridgehead atoms. The summed E-state index contributed by atoms with van der Waals surface area (Å²) in [5.74, 6) is -0.273. The van der Waals surface area contributed by atoms with E-state index in [4.69, 9.17) is 5.53 Å². The number of allylic oxidation sites excluding steroid dienone is 6. The monoisotopic (exact) mass is 320 g/mol. The minimum absolute atomic E-state index is 0.273. The van der Waals surface area contributed by atoms with E-state index in [0.717, 1.165) is 31.9 Å². The second-order valence-corrected chi connectivity index (χ2v) is 6.48. The highest BCUT2D eigenvalue weighted by Crippen LogP contribution is 2.13. The molecule has 0 fully saturated rings. The van der Waals surface area contributed by atoms with Crippen LogP contribution >= 0.6 is 12.6 Å². The number of rotatable bonds is 10. The van der Waals surface area contributed by atoms with E-state index in [2.05, 4.69) is 57.3 Å². The fourth-order valence-electron chi connectivity index (χ4n) is 1.91. The van der Waals surface area contributed by atoms with E-state index in [1.807, 2.05) is 6.08 Å². The molecule has 0 spiro atoms. The van der Waals surface area contributed by atoms with Gasteiger partial charge in [-0.15, -0.1) is 0 Å². The Bertz CT molecular complexity index is 493. The smallest absolute Gasteiger partial charge is 0.324 e. The normalized spacial score (nSPS) is 13.3. The molecule has 0 heterocycles. The van der Waals surface area contributed by atoms with Gasteiger partial charge in [-0.1, -0.05) is 34.9 Å². The van der Waals surface area contributed by atoms with Gasteiger partial charge in [-0.3, -0.25) is 4.79 Å². The maximum Gasteiger partial charge on any atom is 0.324 e. The molecule has 122 valence electrons. The number of thiol groups is 1. The van der Waals surface area contributed by atoms with Crippen molar-refractivity contribution in [1.82, 2.24) is 0 Å². The molecule has 0 aromatic carbocycles. The summed E-state index contributed by atoms with van der Waals surface area (Å²) < 4.78 is 0. The van der Waals surface area contributed by atoms with Gasteiger partial charge in [-0.25, -0.2) is 0 Å². The quantitative estimate of drug-likeness (QED) is 0.200. The zero-order chi connectivity index (χ0) is 17.0. The first-order valence-electron chi connectivity index (χ1n) is 7.70. The summed E-state index contributed by atoms with van der Waals surface area (Å²) >= 11 is 4.20. The van der Waals surface area contributed by atoms with Gasteiger partial charge in [0.25, 0.3) is 0 Å². The third-order valence-corrected chi connectivity index (χ3v) is 3.79. The fourth-order valence-corrected chi connectivity index (χ4v) is 2.08. The lowest BCUT2D eigenvalue weighted by Gasteiger charge is -2.03. The van der Waals surface area contributed by atoms with Gasteiger partial charge in [0.15, 0.2) is 0 Å². The van der Waals surface area contributed by atoms with E-state index < -0.39 is 5.25 Å². The third kappa shape index (κ3) is 11.3. The minimum Gasteiger partial charge on any atom is -0.361 e. The summed E-state index contributed by atoms with van der Waals surface area (Å²) in [7, 11) is 0. The van der Waals surface area contributed by atoms with Gasteiger partial charge in [-0.05, 0) is 59.8 Å². The van der Waals surface area contributed by atoms with Gasteiger partial charge in [0.2, 0.25) is 5.78 Å². The van der Waals surface area contributed by atoms with Crippen LogP contribution in [0.1, 0.15) is 59.8 Å². The Morgan fingerprint density at radius 3 is 2.14 bits per heavy atom. The van der Waals surface area contributed by atoms with Crippen molar-refractivity contribution in [3.8, 4) is 0 Å². The largest absolute Gasteiger partial charge is 0.361 e. The summed E-state index contributed by atoms with van der Waals surface area (Å²) in [6.45, 7) is 8.49. The molecule has 1 unspecified atom stereocenters. The number of nitrogens with zero attached hydrogens (tertiary/aromatic N) is 2. The lowest BCUT2D eigenvalue weighted by atomic mass is 10.1. The second-order valence-electron chi connectivity index (χ2n) is 5.86. The van der Waals surface area contributed by atoms with Crippen molar-refractivity contribution in [3.05, 3.63) is 40.5 Å². The SMILES string of the molecule is CC(C)=CCCC(C)=CCCC(C)=CCC(S)C(=O)C=[N+]=[N-]. The van der Waals surface area contributed by atoms with Crippen LogP contribution in [0.15, 0.2) is 34.9 Å². The van der Waals surface area contributed by atoms with Crippen molar-refractivity contribution >= 4 is 24.6 Å². The number of carbonyl (C=O) groups excluding carboxylic acids is 1. The van der Waals surface area contributed by atoms with Crippen LogP contribution in [0.4, 0.5) is 0 Å². The Morgan fingerprint density at radius 1 is 1.05 bits per heavy atom. The standard InChI is InChI=1S/C18H28N2OS/c1-14(2)7-5-8-15(3)9-6-10-16(4)11-12-18(22)17(21)13-20-19/h7,9,11,13,18,22H,5-6,8,10,12H2,1-4H3. The van der Waals surface area contributed by atoms with Crippen molar-refractivity contribution < 1.29 is 9.58 Å². The van der Waals surface area contributed by atoms with Crippen molar-refractivity contribution in [3.63, 3.8) is 0 Å². The lowest BCUT2D eigenvalue weighted by molar-refractivity contribution is -0.115. The highest BCUT2D eigenvalue weighted by atomic mass is 32.1. The average Bonchev–Trinajstić information content (AvgIpc) is 2.44. The zero-order valence-corrected chi connectivity index (χ0v) is 15.1. The van der Waals surface area contributed by atoms with E-state index >= 15 is 0 Å². The second kappa shape index (κ2) is 12.2. The molecule has 1 atom stereocenters. The molecule has 22 heavy (non-hydrogen) atoms. The number of ketones is 1. The number of Topliss-reactive ketones (excluding diaryl/α,β-unsaturated/α-hetero) is 1. The van der Waals surface area contributed by atoms with Crippen molar-refractivity contribution in [2.24, 2.45) is 0 Å². The molecule has 0 aliphatic carbocycles. The van der Waals surface area contributed by atoms with E-state index in [1.165, 1.54) is 16.7 Å². The first-order valence-corrected chi connectivity index (χ1v) is 8.22. The molecule has 0 aromatic rings. The Labute approximate surface area is 140 Å². The minimum atomic E-state index is -0.438. The molecule has 3 nitrogen and oxygen atoms in total. The molecule has 0 rings (SSSR count). The van der Waals surface area contributed by atoms with Gasteiger partial charge in [0, 0.05) is 0 Å². The molecule has 0 saturated carbocycles. The van der Waals surface area contributed by atoms with E-state index in [0.29, 0.717) is 6.42 Å². The van der Waals surface area contributed by atoms with Gasteiger partial charge < -0.3 is 5.53 Å². The Balaban J connectivity index is 4.13. The lowest BCUT2D eigenvalue weighted by Crippen LogP contribution is -2.15. The summed E-state index contributed by atoms with van der Waals surface area (Å²) in [4.78, 5) is 14.1. The Morgan fingerprint density at radius 2 is 1.59 bits per heavy atom. The van der Waals surface area contributed by atoms with Crippen LogP contribution < -0.4 is 0 Å². The average molecular weight is 321 g/mol. The molecule has 0 aliphatic heterocycles. The van der Waals surface area contributed by atoms with Crippen molar-refractivity contribution in [2.75, 3.05) is 0 Å². The Hall–Kier alpha value is -1.38. The van der Waals surface area contributed by atoms with Crippen LogP contribution in [0.5, 0.6) is 0 Å². The predicted molar refractivity (Wildman–Crippen MR) is 97.5 cm³/mol. The first kappa shape index (κ1) is 20.6. The molecule has 0 aliphatic rings. The molecule has 0 saturated heterocycles. The van der Waals surface area contributed by atoms with E-state index in [9.17, 15) is 4.79 Å².